The average Bonchev–Trinajstić information content (AvgIpc) is 2.87. The molecule has 0 aliphatic heterocycles. The highest BCUT2D eigenvalue weighted by atomic mass is 32.2. The first-order chi connectivity index (χ1) is 9.28. The Kier molecular flexibility index (Phi) is 4.36. The van der Waals surface area contributed by atoms with Crippen LogP contribution in [-0.4, -0.2) is 49.4 Å². The fourth-order valence-electron chi connectivity index (χ4n) is 2.03. The summed E-state index contributed by atoms with van der Waals surface area (Å²) in [5.41, 5.74) is 6.94. The first-order valence-corrected chi connectivity index (χ1v) is 9.31. The highest BCUT2D eigenvalue weighted by Crippen LogP contribution is 2.25. The van der Waals surface area contributed by atoms with E-state index in [1.165, 1.54) is 6.26 Å². The molecular formula is C12H20N4O2S2. The van der Waals surface area contributed by atoms with Gasteiger partial charge in [0.15, 0.2) is 10.8 Å². The second-order valence-corrected chi connectivity index (χ2v) is 8.30. The summed E-state index contributed by atoms with van der Waals surface area (Å²) in [6.45, 7) is 2.38. The Labute approximate surface area is 123 Å². The van der Waals surface area contributed by atoms with E-state index in [1.54, 1.807) is 11.3 Å². The van der Waals surface area contributed by atoms with Crippen LogP contribution >= 0.6 is 11.3 Å². The number of sulfone groups is 1. The van der Waals surface area contributed by atoms with Gasteiger partial charge >= 0.3 is 0 Å². The van der Waals surface area contributed by atoms with E-state index < -0.39 is 9.84 Å². The monoisotopic (exact) mass is 316 g/mol. The molecule has 6 nitrogen and oxygen atoms in total. The van der Waals surface area contributed by atoms with Gasteiger partial charge in [-0.05, 0) is 6.92 Å². The minimum atomic E-state index is -2.98. The number of thiazole rings is 1. The molecule has 0 aliphatic rings. The van der Waals surface area contributed by atoms with E-state index in [4.69, 9.17) is 5.73 Å². The smallest absolute Gasteiger partial charge is 0.195 e. The minimum absolute atomic E-state index is 0.0249. The lowest BCUT2D eigenvalue weighted by atomic mass is 10.2. The summed E-state index contributed by atoms with van der Waals surface area (Å²) in [7, 11) is -1.11. The highest BCUT2D eigenvalue weighted by Gasteiger charge is 2.18. The lowest BCUT2D eigenvalue weighted by Gasteiger charge is -2.18. The molecule has 20 heavy (non-hydrogen) atoms. The zero-order chi connectivity index (χ0) is 14.9. The Morgan fingerprint density at radius 3 is 2.85 bits per heavy atom. The Bertz CT molecular complexity index is 687. The topological polar surface area (TPSA) is 80.7 Å². The first kappa shape index (κ1) is 15.3. The summed E-state index contributed by atoms with van der Waals surface area (Å²) < 4.78 is 24.6. The summed E-state index contributed by atoms with van der Waals surface area (Å²) in [5, 5.41) is 1.98. The number of aromatic nitrogens is 2. The van der Waals surface area contributed by atoms with Gasteiger partial charge in [0.2, 0.25) is 0 Å². The number of rotatable bonds is 6. The second-order valence-electron chi connectivity index (χ2n) is 5.17. The van der Waals surface area contributed by atoms with Crippen LogP contribution < -0.4 is 10.6 Å². The summed E-state index contributed by atoms with van der Waals surface area (Å²) in [4.78, 5) is 7.38. The van der Waals surface area contributed by atoms with Crippen molar-refractivity contribution >= 4 is 32.0 Å². The Morgan fingerprint density at radius 2 is 2.25 bits per heavy atom. The normalized spacial score (nSPS) is 13.8. The Morgan fingerprint density at radius 1 is 1.55 bits per heavy atom. The maximum Gasteiger partial charge on any atom is 0.195 e. The van der Waals surface area contributed by atoms with E-state index in [0.29, 0.717) is 13.0 Å². The molecule has 0 spiro atoms. The van der Waals surface area contributed by atoms with Crippen LogP contribution in [0.5, 0.6) is 0 Å². The third-order valence-electron chi connectivity index (χ3n) is 3.01. The van der Waals surface area contributed by atoms with Crippen molar-refractivity contribution in [3.63, 3.8) is 0 Å². The number of hydrogen-bond donors (Lipinski definition) is 1. The molecule has 0 saturated carbocycles. The molecule has 0 bridgehead atoms. The van der Waals surface area contributed by atoms with Gasteiger partial charge in [-0.25, -0.2) is 13.4 Å². The highest BCUT2D eigenvalue weighted by molar-refractivity contribution is 7.90. The summed E-state index contributed by atoms with van der Waals surface area (Å²) in [6.07, 6.45) is 3.92. The summed E-state index contributed by atoms with van der Waals surface area (Å²) in [5.74, 6) is 0.935. The lowest BCUT2D eigenvalue weighted by molar-refractivity contribution is 0.601. The van der Waals surface area contributed by atoms with Crippen LogP contribution in [0, 0.1) is 0 Å². The molecular weight excluding hydrogens is 296 g/mol. The molecule has 8 heteroatoms. The van der Waals surface area contributed by atoms with Crippen molar-refractivity contribution in [2.45, 2.75) is 19.4 Å². The largest absolute Gasteiger partial charge is 0.357 e. The van der Waals surface area contributed by atoms with Crippen LogP contribution in [-0.2, 0) is 16.3 Å². The van der Waals surface area contributed by atoms with Gasteiger partial charge in [-0.3, -0.25) is 4.40 Å². The lowest BCUT2D eigenvalue weighted by Crippen LogP contribution is -2.27. The fourth-order valence-corrected chi connectivity index (χ4v) is 3.36. The van der Waals surface area contributed by atoms with Crippen LogP contribution in [0.25, 0.3) is 4.96 Å². The Hall–Kier alpha value is -1.12. The van der Waals surface area contributed by atoms with Crippen molar-refractivity contribution in [1.29, 1.82) is 0 Å². The van der Waals surface area contributed by atoms with Crippen molar-refractivity contribution in [1.82, 2.24) is 9.38 Å². The van der Waals surface area contributed by atoms with Gasteiger partial charge in [0.25, 0.3) is 0 Å². The van der Waals surface area contributed by atoms with Crippen LogP contribution in [0.1, 0.15) is 12.6 Å². The van der Waals surface area contributed by atoms with E-state index in [-0.39, 0.29) is 11.8 Å². The van der Waals surface area contributed by atoms with Gasteiger partial charge in [-0.15, -0.1) is 11.3 Å². The quantitative estimate of drug-likeness (QED) is 0.851. The van der Waals surface area contributed by atoms with Gasteiger partial charge < -0.3 is 10.6 Å². The van der Waals surface area contributed by atoms with Gasteiger partial charge in [0, 0.05) is 43.9 Å². The molecule has 1 atom stereocenters. The van der Waals surface area contributed by atoms with Crippen molar-refractivity contribution in [3.8, 4) is 0 Å². The van der Waals surface area contributed by atoms with E-state index in [9.17, 15) is 8.42 Å². The third kappa shape index (κ3) is 3.50. The molecule has 0 saturated heterocycles. The third-order valence-corrected chi connectivity index (χ3v) is 4.70. The molecule has 1 unspecified atom stereocenters. The van der Waals surface area contributed by atoms with Gasteiger partial charge in [0.1, 0.15) is 9.84 Å². The zero-order valence-corrected chi connectivity index (χ0v) is 13.5. The average molecular weight is 316 g/mol. The number of imidazole rings is 1. The van der Waals surface area contributed by atoms with Crippen LogP contribution in [0.4, 0.5) is 5.82 Å². The van der Waals surface area contributed by atoms with Gasteiger partial charge in [0.05, 0.1) is 11.4 Å². The molecule has 112 valence electrons. The summed E-state index contributed by atoms with van der Waals surface area (Å²) >= 11 is 1.56. The maximum atomic E-state index is 11.3. The molecule has 0 aromatic carbocycles. The SMILES string of the molecule is CC(N)Cc1c(N(C)CCS(C)(=O)=O)nc2sccn12. The van der Waals surface area contributed by atoms with Crippen molar-refractivity contribution < 1.29 is 8.42 Å². The van der Waals surface area contributed by atoms with E-state index >= 15 is 0 Å². The summed E-state index contributed by atoms with van der Waals surface area (Å²) in [6, 6.07) is 0.0249. The zero-order valence-electron chi connectivity index (χ0n) is 11.9. The molecule has 2 rings (SSSR count). The maximum absolute atomic E-state index is 11.3. The molecule has 0 radical (unpaired) electrons. The number of hydrogen-bond acceptors (Lipinski definition) is 6. The molecule has 2 heterocycles. The standard InChI is InChI=1S/C12H20N4O2S2/c1-9(13)8-10-11(14-12-16(10)4-6-19-12)15(2)5-7-20(3,17)18/h4,6,9H,5,7-8,13H2,1-3H3. The molecule has 2 aromatic rings. The molecule has 0 aliphatic carbocycles. The molecule has 0 fully saturated rings. The van der Waals surface area contributed by atoms with Crippen LogP contribution in [0.3, 0.4) is 0 Å². The number of anilines is 1. The Balaban J connectivity index is 2.29. The minimum Gasteiger partial charge on any atom is -0.357 e. The van der Waals surface area contributed by atoms with Crippen LogP contribution in [0.15, 0.2) is 11.6 Å². The second kappa shape index (κ2) is 5.71. The van der Waals surface area contributed by atoms with Gasteiger partial charge in [-0.2, -0.15) is 0 Å². The fraction of sp³-hybridized carbons (Fsp3) is 0.583. The van der Waals surface area contributed by atoms with Crippen LogP contribution in [0.2, 0.25) is 0 Å². The number of nitrogens with zero attached hydrogens (tertiary/aromatic N) is 3. The van der Waals surface area contributed by atoms with Gasteiger partial charge in [-0.1, -0.05) is 0 Å². The molecule has 2 N–H and O–H groups in total. The molecule has 2 aromatic heterocycles. The van der Waals surface area contributed by atoms with E-state index in [1.807, 2.05) is 34.8 Å². The van der Waals surface area contributed by atoms with E-state index in [2.05, 4.69) is 4.98 Å². The number of nitrogens with two attached hydrogens (primary N) is 1. The van der Waals surface area contributed by atoms with Crippen molar-refractivity contribution in [3.05, 3.63) is 17.3 Å². The first-order valence-electron chi connectivity index (χ1n) is 6.37. The van der Waals surface area contributed by atoms with Crippen molar-refractivity contribution in [2.24, 2.45) is 5.73 Å². The predicted molar refractivity (Wildman–Crippen MR) is 83.4 cm³/mol. The number of fused-ring (bicyclic) bond motifs is 1. The van der Waals surface area contributed by atoms with E-state index in [0.717, 1.165) is 16.5 Å². The predicted octanol–water partition coefficient (Wildman–Crippen LogP) is 0.766. The van der Waals surface area contributed by atoms with Crippen molar-refractivity contribution in [2.75, 3.05) is 30.5 Å². The molecule has 0 amide bonds.